The first kappa shape index (κ1) is 10.0. The lowest BCUT2D eigenvalue weighted by Crippen LogP contribution is -2.25. The van der Waals surface area contributed by atoms with Gasteiger partial charge in [0.25, 0.3) is 0 Å². The number of rotatable bonds is 3. The van der Waals surface area contributed by atoms with Crippen molar-refractivity contribution in [2.75, 3.05) is 0 Å². The number of hydrogen-bond acceptors (Lipinski definition) is 4. The van der Waals surface area contributed by atoms with Gasteiger partial charge in [-0.05, 0) is 11.1 Å². The number of carbonyl (C=O) groups excluding carboxylic acids is 1. The summed E-state index contributed by atoms with van der Waals surface area (Å²) in [6.45, 7) is 0. The number of hydrogen-bond donors (Lipinski definition) is 1. The fourth-order valence-corrected chi connectivity index (χ4v) is 1.14. The Hall–Kier alpha value is -1.04. The maximum atomic E-state index is 11.1. The quantitative estimate of drug-likeness (QED) is 0.552. The molecule has 0 saturated carbocycles. The Morgan fingerprint density at radius 3 is 2.38 bits per heavy atom. The van der Waals surface area contributed by atoms with Crippen molar-refractivity contribution in [2.45, 2.75) is 5.44 Å². The first-order chi connectivity index (χ1) is 6.13. The molecule has 0 fully saturated rings. The molecule has 4 nitrogen and oxygen atoms in total. The Labute approximate surface area is 77.5 Å². The molecule has 0 bridgehead atoms. The standard InChI is InChI=1S/C8H8O4S/c9-7(8(10)13(11)12)6-4-2-1-3-5-6/h1-5,8,10H,(H,11,12)/p-1. The lowest BCUT2D eigenvalue weighted by atomic mass is 10.1. The molecule has 70 valence electrons. The first-order valence-corrected chi connectivity index (χ1v) is 4.62. The van der Waals surface area contributed by atoms with Crippen LogP contribution in [-0.4, -0.2) is 25.1 Å². The fourth-order valence-electron chi connectivity index (χ4n) is 0.832. The van der Waals surface area contributed by atoms with Crippen LogP contribution in [-0.2, 0) is 11.1 Å². The van der Waals surface area contributed by atoms with Gasteiger partial charge in [0, 0.05) is 5.56 Å². The minimum Gasteiger partial charge on any atom is -0.770 e. The Morgan fingerprint density at radius 1 is 1.38 bits per heavy atom. The number of Topliss-reactive ketones (excluding diaryl/α,β-unsaturated/α-hetero) is 1. The molecule has 13 heavy (non-hydrogen) atoms. The molecular formula is C8H7O4S-. The second-order valence-electron chi connectivity index (χ2n) is 2.34. The molecule has 0 saturated heterocycles. The lowest BCUT2D eigenvalue weighted by molar-refractivity contribution is 0.0855. The minimum atomic E-state index is -2.78. The molecule has 0 amide bonds. The summed E-state index contributed by atoms with van der Waals surface area (Å²) in [6, 6.07) is 7.76. The van der Waals surface area contributed by atoms with E-state index in [1.807, 2.05) is 0 Å². The van der Waals surface area contributed by atoms with Gasteiger partial charge < -0.3 is 9.66 Å². The van der Waals surface area contributed by atoms with Crippen LogP contribution in [0.3, 0.4) is 0 Å². The van der Waals surface area contributed by atoms with Gasteiger partial charge >= 0.3 is 0 Å². The van der Waals surface area contributed by atoms with Gasteiger partial charge in [0.1, 0.15) is 0 Å². The summed E-state index contributed by atoms with van der Waals surface area (Å²) in [5.74, 6) is -0.811. The van der Waals surface area contributed by atoms with E-state index in [2.05, 4.69) is 0 Å². The van der Waals surface area contributed by atoms with E-state index in [1.54, 1.807) is 18.2 Å². The molecule has 1 rings (SSSR count). The molecule has 0 radical (unpaired) electrons. The van der Waals surface area contributed by atoms with Gasteiger partial charge in [-0.15, -0.1) is 0 Å². The zero-order valence-corrected chi connectivity index (χ0v) is 7.36. The van der Waals surface area contributed by atoms with E-state index in [9.17, 15) is 13.6 Å². The number of aliphatic hydroxyl groups is 1. The fraction of sp³-hybridized carbons (Fsp3) is 0.125. The van der Waals surface area contributed by atoms with E-state index in [-0.39, 0.29) is 5.56 Å². The van der Waals surface area contributed by atoms with E-state index < -0.39 is 22.3 Å². The van der Waals surface area contributed by atoms with Crippen LogP contribution in [0.2, 0.25) is 0 Å². The van der Waals surface area contributed by atoms with Crippen LogP contribution in [0.15, 0.2) is 30.3 Å². The second-order valence-corrected chi connectivity index (χ2v) is 3.31. The Kier molecular flexibility index (Phi) is 3.30. The van der Waals surface area contributed by atoms with Gasteiger partial charge in [-0.1, -0.05) is 30.3 Å². The summed E-state index contributed by atoms with van der Waals surface area (Å²) in [5, 5.41) is 8.89. The highest BCUT2D eigenvalue weighted by molar-refractivity contribution is 7.80. The van der Waals surface area contributed by atoms with Crippen LogP contribution in [0.25, 0.3) is 0 Å². The van der Waals surface area contributed by atoms with Crippen LogP contribution in [0.4, 0.5) is 0 Å². The highest BCUT2D eigenvalue weighted by Gasteiger charge is 2.16. The van der Waals surface area contributed by atoms with Gasteiger partial charge in [-0.2, -0.15) is 0 Å². The predicted octanol–water partition coefficient (Wildman–Crippen LogP) is 0.0668. The molecule has 2 atom stereocenters. The van der Waals surface area contributed by atoms with E-state index in [1.165, 1.54) is 12.1 Å². The Balaban J connectivity index is 2.86. The third-order valence-electron chi connectivity index (χ3n) is 1.46. The van der Waals surface area contributed by atoms with Crippen molar-refractivity contribution in [1.82, 2.24) is 0 Å². The summed E-state index contributed by atoms with van der Waals surface area (Å²) >= 11 is -2.78. The number of benzene rings is 1. The van der Waals surface area contributed by atoms with Crippen molar-refractivity contribution in [3.63, 3.8) is 0 Å². The van der Waals surface area contributed by atoms with Crippen LogP contribution in [0.5, 0.6) is 0 Å². The van der Waals surface area contributed by atoms with Crippen molar-refractivity contribution < 1.29 is 18.7 Å². The van der Waals surface area contributed by atoms with Crippen LogP contribution < -0.4 is 0 Å². The Morgan fingerprint density at radius 2 is 1.92 bits per heavy atom. The van der Waals surface area contributed by atoms with Gasteiger partial charge in [0.05, 0.1) is 0 Å². The SMILES string of the molecule is O=C(c1ccccc1)C(O)S(=O)[O-]. The average Bonchev–Trinajstić information content (AvgIpc) is 2.17. The zero-order chi connectivity index (χ0) is 9.84. The number of aliphatic hydroxyl groups excluding tert-OH is 1. The monoisotopic (exact) mass is 199 g/mol. The zero-order valence-electron chi connectivity index (χ0n) is 6.54. The van der Waals surface area contributed by atoms with Crippen molar-refractivity contribution in [3.05, 3.63) is 35.9 Å². The van der Waals surface area contributed by atoms with E-state index in [0.717, 1.165) is 0 Å². The van der Waals surface area contributed by atoms with Gasteiger partial charge in [0.15, 0.2) is 5.44 Å². The molecule has 0 aliphatic rings. The normalized spacial score (nSPS) is 14.9. The molecule has 0 spiro atoms. The molecule has 5 heteroatoms. The van der Waals surface area contributed by atoms with Crippen molar-refractivity contribution >= 4 is 16.9 Å². The first-order valence-electron chi connectivity index (χ1n) is 3.48. The molecule has 1 N–H and O–H groups in total. The van der Waals surface area contributed by atoms with E-state index >= 15 is 0 Å². The molecule has 0 aromatic heterocycles. The van der Waals surface area contributed by atoms with Gasteiger partial charge in [-0.3, -0.25) is 9.00 Å². The summed E-state index contributed by atoms with van der Waals surface area (Å²) in [6.07, 6.45) is 0. The van der Waals surface area contributed by atoms with Crippen LogP contribution >= 0.6 is 0 Å². The summed E-state index contributed by atoms with van der Waals surface area (Å²) in [4.78, 5) is 11.1. The largest absolute Gasteiger partial charge is 0.770 e. The summed E-state index contributed by atoms with van der Waals surface area (Å²) in [7, 11) is 0. The van der Waals surface area contributed by atoms with Gasteiger partial charge in [0.2, 0.25) is 5.78 Å². The molecule has 2 unspecified atom stereocenters. The highest BCUT2D eigenvalue weighted by atomic mass is 32.2. The molecule has 1 aromatic rings. The Bertz CT molecular complexity index is 322. The smallest absolute Gasteiger partial charge is 0.202 e. The van der Waals surface area contributed by atoms with Crippen molar-refractivity contribution in [1.29, 1.82) is 0 Å². The maximum Gasteiger partial charge on any atom is 0.202 e. The number of carbonyl (C=O) groups is 1. The highest BCUT2D eigenvalue weighted by Crippen LogP contribution is 2.04. The minimum absolute atomic E-state index is 0.180. The second kappa shape index (κ2) is 4.27. The van der Waals surface area contributed by atoms with Gasteiger partial charge in [-0.25, -0.2) is 0 Å². The summed E-state index contributed by atoms with van der Waals surface area (Å²) in [5.41, 5.74) is -1.79. The third-order valence-corrected chi connectivity index (χ3v) is 2.04. The molecule has 0 aliphatic heterocycles. The molecular weight excluding hydrogens is 192 g/mol. The van der Waals surface area contributed by atoms with Crippen molar-refractivity contribution in [2.24, 2.45) is 0 Å². The molecule has 1 aromatic carbocycles. The van der Waals surface area contributed by atoms with E-state index in [4.69, 9.17) is 5.11 Å². The third kappa shape index (κ3) is 2.45. The summed E-state index contributed by atoms with van der Waals surface area (Å²) < 4.78 is 20.5. The van der Waals surface area contributed by atoms with E-state index in [0.29, 0.717) is 0 Å². The average molecular weight is 199 g/mol. The maximum absolute atomic E-state index is 11.1. The van der Waals surface area contributed by atoms with Crippen LogP contribution in [0, 0.1) is 0 Å². The number of ketones is 1. The molecule has 0 heterocycles. The topological polar surface area (TPSA) is 77.4 Å². The predicted molar refractivity (Wildman–Crippen MR) is 45.7 cm³/mol. The lowest BCUT2D eigenvalue weighted by Gasteiger charge is -2.11. The van der Waals surface area contributed by atoms with Crippen LogP contribution in [0.1, 0.15) is 10.4 Å². The molecule has 0 aliphatic carbocycles. The van der Waals surface area contributed by atoms with Crippen molar-refractivity contribution in [3.8, 4) is 0 Å².